The molecule has 2 N–H and O–H groups in total. The third-order valence-corrected chi connectivity index (χ3v) is 4.41. The highest BCUT2D eigenvalue weighted by Gasteiger charge is 2.18. The molecule has 1 unspecified atom stereocenters. The number of hydrogen-bond acceptors (Lipinski definition) is 6. The van der Waals surface area contributed by atoms with Gasteiger partial charge in [-0.25, -0.2) is 9.97 Å². The number of pyridine rings is 1. The van der Waals surface area contributed by atoms with Gasteiger partial charge in [0.1, 0.15) is 17.7 Å². The zero-order valence-corrected chi connectivity index (χ0v) is 16.4. The van der Waals surface area contributed by atoms with E-state index in [9.17, 15) is 19.7 Å². The van der Waals surface area contributed by atoms with Gasteiger partial charge in [0.05, 0.1) is 4.92 Å². The van der Waals surface area contributed by atoms with E-state index < -0.39 is 16.9 Å². The maximum Gasteiger partial charge on any atom is 0.270 e. The van der Waals surface area contributed by atoms with Crippen LogP contribution in [0.5, 0.6) is 0 Å². The second-order valence-corrected chi connectivity index (χ2v) is 6.59. The molecule has 1 aromatic carbocycles. The van der Waals surface area contributed by atoms with Gasteiger partial charge in [-0.1, -0.05) is 6.07 Å². The van der Waals surface area contributed by atoms with Crippen LogP contribution in [-0.4, -0.2) is 37.3 Å². The van der Waals surface area contributed by atoms with Gasteiger partial charge < -0.3 is 10.6 Å². The summed E-state index contributed by atoms with van der Waals surface area (Å²) in [6.45, 7) is 3.65. The molecular weight excluding hydrogens is 388 g/mol. The summed E-state index contributed by atoms with van der Waals surface area (Å²) in [5.41, 5.74) is 0.748. The summed E-state index contributed by atoms with van der Waals surface area (Å²) in [5.74, 6) is 0.527. The summed E-state index contributed by atoms with van der Waals surface area (Å²) in [5, 5.41) is 16.1. The standard InChI is InChI=1S/C20H20N6O4/c1-13(24-20(28)16-4-3-5-17(11-16)26(29)30)19(27)23-12-15-6-7-22-18(10-15)25-9-8-21-14(25)2/h3-11,13H,12H2,1-2H3,(H,23,27)(H,24,28). The van der Waals surface area contributed by atoms with Crippen LogP contribution >= 0.6 is 0 Å². The molecule has 3 aromatic rings. The highest BCUT2D eigenvalue weighted by atomic mass is 16.6. The number of nitro benzene ring substituents is 1. The normalized spacial score (nSPS) is 11.5. The Morgan fingerprint density at radius 3 is 2.70 bits per heavy atom. The Hall–Kier alpha value is -4.08. The maximum atomic E-state index is 12.4. The molecule has 1 atom stereocenters. The van der Waals surface area contributed by atoms with Crippen molar-refractivity contribution in [1.82, 2.24) is 25.2 Å². The Balaban J connectivity index is 1.59. The predicted octanol–water partition coefficient (Wildman–Crippen LogP) is 1.92. The molecular formula is C20H20N6O4. The van der Waals surface area contributed by atoms with Crippen molar-refractivity contribution in [3.8, 4) is 5.82 Å². The number of nitro groups is 1. The van der Waals surface area contributed by atoms with E-state index in [1.165, 1.54) is 25.1 Å². The lowest BCUT2D eigenvalue weighted by atomic mass is 10.1. The summed E-state index contributed by atoms with van der Waals surface area (Å²) in [4.78, 5) is 43.4. The molecule has 10 nitrogen and oxygen atoms in total. The Labute approximate surface area is 172 Å². The van der Waals surface area contributed by atoms with Crippen LogP contribution in [0, 0.1) is 17.0 Å². The van der Waals surface area contributed by atoms with Crippen molar-refractivity contribution in [2.75, 3.05) is 0 Å². The summed E-state index contributed by atoms with van der Waals surface area (Å²) < 4.78 is 1.83. The number of imidazole rings is 1. The molecule has 10 heteroatoms. The first-order valence-electron chi connectivity index (χ1n) is 9.13. The number of nitrogens with zero attached hydrogens (tertiary/aromatic N) is 4. The molecule has 0 fully saturated rings. The molecule has 0 aliphatic heterocycles. The van der Waals surface area contributed by atoms with Crippen molar-refractivity contribution in [2.45, 2.75) is 26.4 Å². The number of amides is 2. The SMILES string of the molecule is Cc1nccn1-c1cc(CNC(=O)C(C)NC(=O)c2cccc([N+](=O)[O-])c2)ccn1. The number of aryl methyl sites for hydroxylation is 1. The molecule has 0 radical (unpaired) electrons. The van der Waals surface area contributed by atoms with E-state index in [4.69, 9.17) is 0 Å². The van der Waals surface area contributed by atoms with Gasteiger partial charge in [0.2, 0.25) is 5.91 Å². The fraction of sp³-hybridized carbons (Fsp3) is 0.200. The van der Waals surface area contributed by atoms with Crippen LogP contribution in [0.25, 0.3) is 5.82 Å². The number of carbonyl (C=O) groups excluding carboxylic acids is 2. The summed E-state index contributed by atoms with van der Waals surface area (Å²) >= 11 is 0. The van der Waals surface area contributed by atoms with Crippen molar-refractivity contribution >= 4 is 17.5 Å². The number of aromatic nitrogens is 3. The fourth-order valence-electron chi connectivity index (χ4n) is 2.77. The second-order valence-electron chi connectivity index (χ2n) is 6.59. The van der Waals surface area contributed by atoms with E-state index in [1.807, 2.05) is 17.6 Å². The van der Waals surface area contributed by atoms with Gasteiger partial charge in [-0.2, -0.15) is 0 Å². The summed E-state index contributed by atoms with van der Waals surface area (Å²) in [6, 6.07) is 8.11. The Morgan fingerprint density at radius 1 is 1.20 bits per heavy atom. The van der Waals surface area contributed by atoms with Crippen molar-refractivity contribution < 1.29 is 14.5 Å². The highest BCUT2D eigenvalue weighted by molar-refractivity contribution is 5.97. The number of hydrogen-bond donors (Lipinski definition) is 2. The van der Waals surface area contributed by atoms with Crippen LogP contribution in [-0.2, 0) is 11.3 Å². The monoisotopic (exact) mass is 408 g/mol. The van der Waals surface area contributed by atoms with Crippen LogP contribution in [0.3, 0.4) is 0 Å². The molecule has 0 aliphatic carbocycles. The maximum absolute atomic E-state index is 12.4. The molecule has 3 rings (SSSR count). The molecule has 30 heavy (non-hydrogen) atoms. The van der Waals surface area contributed by atoms with E-state index in [0.29, 0.717) is 5.82 Å². The number of carbonyl (C=O) groups is 2. The lowest BCUT2D eigenvalue weighted by Gasteiger charge is -2.14. The minimum Gasteiger partial charge on any atom is -0.350 e. The van der Waals surface area contributed by atoms with Crippen LogP contribution in [0.15, 0.2) is 55.0 Å². The number of non-ortho nitro benzene ring substituents is 1. The molecule has 0 bridgehead atoms. The minimum atomic E-state index is -0.825. The number of rotatable bonds is 7. The largest absolute Gasteiger partial charge is 0.350 e. The van der Waals surface area contributed by atoms with Gasteiger partial charge in [-0.15, -0.1) is 0 Å². The van der Waals surface area contributed by atoms with E-state index in [1.54, 1.807) is 24.7 Å². The molecule has 0 spiro atoms. The molecule has 154 valence electrons. The highest BCUT2D eigenvalue weighted by Crippen LogP contribution is 2.13. The van der Waals surface area contributed by atoms with Gasteiger partial charge in [-0.3, -0.25) is 24.3 Å². The van der Waals surface area contributed by atoms with Crippen molar-refractivity contribution in [2.24, 2.45) is 0 Å². The zero-order valence-electron chi connectivity index (χ0n) is 16.4. The van der Waals surface area contributed by atoms with Crippen molar-refractivity contribution in [1.29, 1.82) is 0 Å². The molecule has 2 aromatic heterocycles. The minimum absolute atomic E-state index is 0.110. The van der Waals surface area contributed by atoms with Gasteiger partial charge in [0.25, 0.3) is 11.6 Å². The third kappa shape index (κ3) is 4.85. The molecule has 0 aliphatic rings. The molecule has 0 saturated heterocycles. The second kappa shape index (κ2) is 8.95. The van der Waals surface area contributed by atoms with Gasteiger partial charge >= 0.3 is 0 Å². The summed E-state index contributed by atoms with van der Waals surface area (Å²) in [6.07, 6.45) is 5.12. The molecule has 2 heterocycles. The average Bonchev–Trinajstić information content (AvgIpc) is 3.18. The van der Waals surface area contributed by atoms with Gasteiger partial charge in [0, 0.05) is 42.8 Å². The predicted molar refractivity (Wildman–Crippen MR) is 108 cm³/mol. The number of nitrogens with one attached hydrogen (secondary N) is 2. The van der Waals surface area contributed by atoms with E-state index in [0.717, 1.165) is 17.5 Å². The Morgan fingerprint density at radius 2 is 2.00 bits per heavy atom. The van der Waals surface area contributed by atoms with E-state index >= 15 is 0 Å². The third-order valence-electron chi connectivity index (χ3n) is 4.41. The van der Waals surface area contributed by atoms with Gasteiger partial charge in [0.15, 0.2) is 0 Å². The van der Waals surface area contributed by atoms with Crippen LogP contribution in [0.4, 0.5) is 5.69 Å². The quantitative estimate of drug-likeness (QED) is 0.453. The lowest BCUT2D eigenvalue weighted by Crippen LogP contribution is -2.44. The number of benzene rings is 1. The first kappa shape index (κ1) is 20.6. The first-order chi connectivity index (χ1) is 14.3. The smallest absolute Gasteiger partial charge is 0.270 e. The average molecular weight is 408 g/mol. The topological polar surface area (TPSA) is 132 Å². The molecule has 0 saturated carbocycles. The van der Waals surface area contributed by atoms with Crippen LogP contribution in [0.1, 0.15) is 28.7 Å². The first-order valence-corrected chi connectivity index (χ1v) is 9.13. The van der Waals surface area contributed by atoms with Crippen molar-refractivity contribution in [3.05, 3.63) is 82.1 Å². The van der Waals surface area contributed by atoms with E-state index in [2.05, 4.69) is 20.6 Å². The van der Waals surface area contributed by atoms with E-state index in [-0.39, 0.29) is 23.7 Å². The fourth-order valence-corrected chi connectivity index (χ4v) is 2.77. The van der Waals surface area contributed by atoms with Crippen molar-refractivity contribution in [3.63, 3.8) is 0 Å². The lowest BCUT2D eigenvalue weighted by molar-refractivity contribution is -0.384. The summed E-state index contributed by atoms with van der Waals surface area (Å²) in [7, 11) is 0. The van der Waals surface area contributed by atoms with Crippen LogP contribution < -0.4 is 10.6 Å². The Bertz CT molecular complexity index is 1090. The van der Waals surface area contributed by atoms with Crippen LogP contribution in [0.2, 0.25) is 0 Å². The van der Waals surface area contributed by atoms with Gasteiger partial charge in [-0.05, 0) is 37.6 Å². The Kier molecular flexibility index (Phi) is 6.16. The zero-order chi connectivity index (χ0) is 21.7. The molecule has 2 amide bonds.